The van der Waals surface area contributed by atoms with Crippen LogP contribution in [-0.2, 0) is 0 Å². The van der Waals surface area contributed by atoms with Crippen molar-refractivity contribution in [3.8, 4) is 50.2 Å². The van der Waals surface area contributed by atoms with Crippen LogP contribution in [-0.4, -0.2) is 4.57 Å². The fourth-order valence-corrected chi connectivity index (χ4v) is 9.82. The van der Waals surface area contributed by atoms with Gasteiger partial charge in [-0.15, -0.1) is 0 Å². The molecular formula is C62H42N2. The van der Waals surface area contributed by atoms with Crippen molar-refractivity contribution in [2.24, 2.45) is 0 Å². The quantitative estimate of drug-likeness (QED) is 0.148. The summed E-state index contributed by atoms with van der Waals surface area (Å²) in [4.78, 5) is 2.44. The first kappa shape index (κ1) is 37.3. The number of para-hydroxylation sites is 3. The second-order valence-electron chi connectivity index (χ2n) is 16.5. The number of benzene rings is 11. The molecule has 0 atom stereocenters. The van der Waals surface area contributed by atoms with Gasteiger partial charge in [0, 0.05) is 33.1 Å². The Kier molecular flexibility index (Phi) is 9.20. The lowest BCUT2D eigenvalue weighted by atomic mass is 9.92. The molecule has 11 aromatic carbocycles. The third-order valence-corrected chi connectivity index (χ3v) is 12.8. The van der Waals surface area contributed by atoms with Gasteiger partial charge in [-0.05, 0) is 104 Å². The van der Waals surface area contributed by atoms with Crippen molar-refractivity contribution in [3.63, 3.8) is 0 Å². The van der Waals surface area contributed by atoms with E-state index in [0.717, 1.165) is 39.4 Å². The van der Waals surface area contributed by atoms with Crippen LogP contribution in [0.15, 0.2) is 255 Å². The highest BCUT2D eigenvalue weighted by Crippen LogP contribution is 2.45. The Morgan fingerprint density at radius 2 is 0.781 bits per heavy atom. The van der Waals surface area contributed by atoms with Crippen LogP contribution in [0.1, 0.15) is 0 Å². The predicted octanol–water partition coefficient (Wildman–Crippen LogP) is 17.2. The maximum Gasteiger partial charge on any atom is 0.0541 e. The molecule has 12 rings (SSSR count). The van der Waals surface area contributed by atoms with Crippen molar-refractivity contribution in [1.82, 2.24) is 4.57 Å². The average molecular weight is 815 g/mol. The third-order valence-electron chi connectivity index (χ3n) is 12.8. The van der Waals surface area contributed by atoms with Crippen LogP contribution in [0, 0.1) is 0 Å². The van der Waals surface area contributed by atoms with Crippen LogP contribution < -0.4 is 4.90 Å². The van der Waals surface area contributed by atoms with E-state index in [1.807, 2.05) is 0 Å². The second kappa shape index (κ2) is 15.8. The van der Waals surface area contributed by atoms with Gasteiger partial charge < -0.3 is 9.47 Å². The predicted molar refractivity (Wildman–Crippen MR) is 272 cm³/mol. The van der Waals surface area contributed by atoms with Gasteiger partial charge in [-0.3, -0.25) is 0 Å². The molecule has 0 saturated carbocycles. The maximum atomic E-state index is 2.44. The molecule has 1 heterocycles. The van der Waals surface area contributed by atoms with Gasteiger partial charge >= 0.3 is 0 Å². The first-order chi connectivity index (χ1) is 31.8. The average Bonchev–Trinajstić information content (AvgIpc) is 3.71. The highest BCUT2D eigenvalue weighted by atomic mass is 15.1. The van der Waals surface area contributed by atoms with Crippen LogP contribution in [0.2, 0.25) is 0 Å². The van der Waals surface area contributed by atoms with Gasteiger partial charge in [0.15, 0.2) is 0 Å². The Bertz CT molecular complexity index is 3610. The molecule has 2 nitrogen and oxygen atoms in total. The summed E-state index contributed by atoms with van der Waals surface area (Å²) in [6, 6.07) is 92.8. The number of aromatic nitrogens is 1. The van der Waals surface area contributed by atoms with Crippen molar-refractivity contribution in [1.29, 1.82) is 0 Å². The first-order valence-corrected chi connectivity index (χ1v) is 22.0. The van der Waals surface area contributed by atoms with E-state index in [2.05, 4.69) is 264 Å². The Morgan fingerprint density at radius 3 is 1.55 bits per heavy atom. The van der Waals surface area contributed by atoms with E-state index in [4.69, 9.17) is 0 Å². The molecule has 12 aromatic rings. The zero-order valence-corrected chi connectivity index (χ0v) is 35.1. The van der Waals surface area contributed by atoms with Crippen LogP contribution in [0.25, 0.3) is 93.5 Å². The van der Waals surface area contributed by atoms with Gasteiger partial charge in [-0.1, -0.05) is 206 Å². The molecule has 0 fully saturated rings. The highest BCUT2D eigenvalue weighted by Gasteiger charge is 2.21. The highest BCUT2D eigenvalue weighted by molar-refractivity contribution is 6.10. The Labute approximate surface area is 373 Å². The number of fused-ring (bicyclic) bond motifs is 5. The van der Waals surface area contributed by atoms with Crippen molar-refractivity contribution in [2.45, 2.75) is 0 Å². The zero-order valence-electron chi connectivity index (χ0n) is 35.1. The summed E-state index contributed by atoms with van der Waals surface area (Å²) >= 11 is 0. The first-order valence-electron chi connectivity index (χ1n) is 22.0. The monoisotopic (exact) mass is 814 g/mol. The fourth-order valence-electron chi connectivity index (χ4n) is 9.82. The van der Waals surface area contributed by atoms with E-state index < -0.39 is 0 Å². The molecule has 0 aliphatic carbocycles. The lowest BCUT2D eigenvalue weighted by Gasteiger charge is -2.28. The number of hydrogen-bond acceptors (Lipinski definition) is 1. The molecule has 0 aliphatic rings. The van der Waals surface area contributed by atoms with E-state index in [1.165, 1.54) is 71.2 Å². The van der Waals surface area contributed by atoms with Crippen LogP contribution in [0.3, 0.4) is 0 Å². The summed E-state index contributed by atoms with van der Waals surface area (Å²) in [6.07, 6.45) is 0. The van der Waals surface area contributed by atoms with E-state index >= 15 is 0 Å². The second-order valence-corrected chi connectivity index (χ2v) is 16.5. The van der Waals surface area contributed by atoms with Gasteiger partial charge in [0.05, 0.1) is 22.4 Å². The van der Waals surface area contributed by atoms with Crippen molar-refractivity contribution in [3.05, 3.63) is 255 Å². The number of rotatable bonds is 8. The molecule has 0 amide bonds. The standard InChI is InChI=1S/C62H42N2/c1-2-17-46(18-3-1)58-42-50(39-40-54(58)55-27-8-11-31-60(55)64-61-32-12-9-28-56(61)57-29-10-13-33-62(57)64)63(59-34-16-22-45-20-5-7-26-53(45)59)49-24-14-23-48(41-49)43-35-37-47(38-36-43)52-30-15-21-44-19-4-6-25-51(44)52/h1-42H. The molecule has 0 radical (unpaired) electrons. The summed E-state index contributed by atoms with van der Waals surface area (Å²) in [7, 11) is 0. The van der Waals surface area contributed by atoms with Gasteiger partial charge in [-0.2, -0.15) is 0 Å². The fraction of sp³-hybridized carbons (Fsp3) is 0. The van der Waals surface area contributed by atoms with Gasteiger partial charge in [-0.25, -0.2) is 0 Å². The summed E-state index contributed by atoms with van der Waals surface area (Å²) in [6.45, 7) is 0. The summed E-state index contributed by atoms with van der Waals surface area (Å²) in [5.41, 5.74) is 16.3. The summed E-state index contributed by atoms with van der Waals surface area (Å²) in [5, 5.41) is 7.41. The molecule has 300 valence electrons. The van der Waals surface area contributed by atoms with Crippen molar-refractivity contribution < 1.29 is 0 Å². The van der Waals surface area contributed by atoms with Gasteiger partial charge in [0.1, 0.15) is 0 Å². The molecule has 2 heteroatoms. The van der Waals surface area contributed by atoms with Crippen LogP contribution in [0.4, 0.5) is 17.1 Å². The van der Waals surface area contributed by atoms with Gasteiger partial charge in [0.2, 0.25) is 0 Å². The molecular weight excluding hydrogens is 773 g/mol. The topological polar surface area (TPSA) is 8.17 Å². The molecule has 0 spiro atoms. The van der Waals surface area contributed by atoms with Gasteiger partial charge in [0.25, 0.3) is 0 Å². The van der Waals surface area contributed by atoms with Crippen LogP contribution >= 0.6 is 0 Å². The molecule has 0 saturated heterocycles. The van der Waals surface area contributed by atoms with E-state index in [1.54, 1.807) is 0 Å². The Balaban J connectivity index is 1.03. The number of anilines is 3. The van der Waals surface area contributed by atoms with Crippen LogP contribution in [0.5, 0.6) is 0 Å². The SMILES string of the molecule is c1ccc(-c2cc(N(c3cccc(-c4ccc(-c5cccc6ccccc56)cc4)c3)c3cccc4ccccc34)ccc2-c2ccccc2-n2c3ccccc3c3ccccc32)cc1. The lowest BCUT2D eigenvalue weighted by Crippen LogP contribution is -2.11. The van der Waals surface area contributed by atoms with E-state index in [0.29, 0.717) is 0 Å². The molecule has 0 N–H and O–H groups in total. The van der Waals surface area contributed by atoms with E-state index in [9.17, 15) is 0 Å². The molecule has 0 aliphatic heterocycles. The third kappa shape index (κ3) is 6.44. The lowest BCUT2D eigenvalue weighted by molar-refractivity contribution is 1.18. The van der Waals surface area contributed by atoms with Crippen molar-refractivity contribution in [2.75, 3.05) is 4.90 Å². The number of nitrogens with zero attached hydrogens (tertiary/aromatic N) is 2. The Morgan fingerprint density at radius 1 is 0.266 bits per heavy atom. The van der Waals surface area contributed by atoms with Crippen molar-refractivity contribution >= 4 is 60.4 Å². The smallest absolute Gasteiger partial charge is 0.0541 e. The minimum Gasteiger partial charge on any atom is -0.310 e. The largest absolute Gasteiger partial charge is 0.310 e. The summed E-state index contributed by atoms with van der Waals surface area (Å²) in [5.74, 6) is 0. The molecule has 1 aromatic heterocycles. The normalized spacial score (nSPS) is 11.4. The zero-order chi connectivity index (χ0) is 42.4. The Hall–Kier alpha value is -8.46. The molecule has 0 unspecified atom stereocenters. The number of hydrogen-bond donors (Lipinski definition) is 0. The van der Waals surface area contributed by atoms with E-state index in [-0.39, 0.29) is 0 Å². The molecule has 0 bridgehead atoms. The minimum atomic E-state index is 1.08. The minimum absolute atomic E-state index is 1.08. The summed E-state index contributed by atoms with van der Waals surface area (Å²) < 4.78 is 2.44. The molecule has 64 heavy (non-hydrogen) atoms. The maximum absolute atomic E-state index is 2.44.